The van der Waals surface area contributed by atoms with Gasteiger partial charge < -0.3 is 15.5 Å². The molecule has 0 unspecified atom stereocenters. The molecule has 2 N–H and O–H groups in total. The number of benzene rings is 2. The Morgan fingerprint density at radius 3 is 2.38 bits per heavy atom. The summed E-state index contributed by atoms with van der Waals surface area (Å²) < 4.78 is 0. The topological polar surface area (TPSA) is 78.5 Å². The van der Waals surface area contributed by atoms with Gasteiger partial charge in [0.15, 0.2) is 0 Å². The van der Waals surface area contributed by atoms with Crippen LogP contribution in [0.1, 0.15) is 28.8 Å². The van der Waals surface area contributed by atoms with E-state index >= 15 is 0 Å². The summed E-state index contributed by atoms with van der Waals surface area (Å²) in [6.07, 6.45) is 1.22. The summed E-state index contributed by atoms with van der Waals surface area (Å²) in [6, 6.07) is 16.2. The third-order valence-electron chi connectivity index (χ3n) is 5.01. The number of nitrogens with zero attached hydrogens (tertiary/aromatic N) is 1. The molecule has 29 heavy (non-hydrogen) atoms. The Morgan fingerprint density at radius 2 is 1.69 bits per heavy atom. The zero-order valence-corrected chi connectivity index (χ0v) is 16.8. The van der Waals surface area contributed by atoms with Gasteiger partial charge in [-0.1, -0.05) is 41.9 Å². The second-order valence-corrected chi connectivity index (χ2v) is 7.49. The average Bonchev–Trinajstić information content (AvgIpc) is 2.76. The smallest absolute Gasteiger partial charge is 0.251 e. The highest BCUT2D eigenvalue weighted by Gasteiger charge is 2.27. The fraction of sp³-hybridized carbons (Fsp3) is 0.318. The Bertz CT molecular complexity index is 865. The number of amides is 3. The lowest BCUT2D eigenvalue weighted by molar-refractivity contribution is -0.134. The lowest BCUT2D eigenvalue weighted by Gasteiger charge is -2.31. The molecule has 3 rings (SSSR count). The van der Waals surface area contributed by atoms with Crippen molar-refractivity contribution in [3.63, 3.8) is 0 Å². The van der Waals surface area contributed by atoms with Gasteiger partial charge in [-0.05, 0) is 42.7 Å². The molecule has 7 heteroatoms. The zero-order chi connectivity index (χ0) is 20.6. The molecular weight excluding hydrogens is 390 g/mol. The molecule has 1 fully saturated rings. The van der Waals surface area contributed by atoms with Crippen LogP contribution in [0.5, 0.6) is 0 Å². The molecule has 3 amide bonds. The Kier molecular flexibility index (Phi) is 7.25. The van der Waals surface area contributed by atoms with Gasteiger partial charge in [0.2, 0.25) is 11.8 Å². The first-order chi connectivity index (χ1) is 14.0. The van der Waals surface area contributed by atoms with Crippen LogP contribution in [0.15, 0.2) is 54.6 Å². The molecule has 0 bridgehead atoms. The van der Waals surface area contributed by atoms with E-state index in [-0.39, 0.29) is 30.2 Å². The Hall–Kier alpha value is -2.86. The molecule has 0 saturated carbocycles. The maximum Gasteiger partial charge on any atom is 0.251 e. The van der Waals surface area contributed by atoms with Gasteiger partial charge in [-0.15, -0.1) is 0 Å². The number of carbonyl (C=O) groups is 3. The van der Waals surface area contributed by atoms with E-state index in [9.17, 15) is 14.4 Å². The summed E-state index contributed by atoms with van der Waals surface area (Å²) in [5.74, 6) is -0.520. The van der Waals surface area contributed by atoms with Crippen LogP contribution < -0.4 is 10.6 Å². The Morgan fingerprint density at radius 1 is 0.966 bits per heavy atom. The first-order valence-corrected chi connectivity index (χ1v) is 10.0. The van der Waals surface area contributed by atoms with Crippen molar-refractivity contribution in [3.8, 4) is 0 Å². The maximum absolute atomic E-state index is 12.4. The van der Waals surface area contributed by atoms with Crippen molar-refractivity contribution in [2.75, 3.05) is 19.6 Å². The van der Waals surface area contributed by atoms with Gasteiger partial charge in [-0.2, -0.15) is 0 Å². The largest absolute Gasteiger partial charge is 0.352 e. The van der Waals surface area contributed by atoms with Crippen LogP contribution in [0.3, 0.4) is 0 Å². The van der Waals surface area contributed by atoms with Gasteiger partial charge in [-0.3, -0.25) is 14.4 Å². The summed E-state index contributed by atoms with van der Waals surface area (Å²) >= 11 is 5.96. The average molecular weight is 414 g/mol. The van der Waals surface area contributed by atoms with Crippen LogP contribution in [-0.2, 0) is 16.1 Å². The van der Waals surface area contributed by atoms with Gasteiger partial charge in [0.05, 0.1) is 6.54 Å². The number of nitrogens with one attached hydrogen (secondary N) is 2. The lowest BCUT2D eigenvalue weighted by Crippen LogP contribution is -2.46. The summed E-state index contributed by atoms with van der Waals surface area (Å²) in [6.45, 7) is 1.41. The van der Waals surface area contributed by atoms with Gasteiger partial charge >= 0.3 is 0 Å². The standard InChI is InChI=1S/C22H24ClN3O3/c23-19-8-4-5-16(13-19)14-24-22(29)18-9-11-26(12-10-18)20(27)15-25-21(28)17-6-2-1-3-7-17/h1-8,13,18H,9-12,14-15H2,(H,24,29)(H,25,28). The van der Waals surface area contributed by atoms with E-state index in [0.717, 1.165) is 5.56 Å². The quantitative estimate of drug-likeness (QED) is 0.764. The predicted molar refractivity (Wildman–Crippen MR) is 111 cm³/mol. The van der Waals surface area contributed by atoms with Crippen LogP contribution >= 0.6 is 11.6 Å². The molecule has 1 aliphatic rings. The van der Waals surface area contributed by atoms with Crippen LogP contribution in [0.25, 0.3) is 0 Å². The first-order valence-electron chi connectivity index (χ1n) is 9.66. The zero-order valence-electron chi connectivity index (χ0n) is 16.1. The first kappa shape index (κ1) is 20.9. The summed E-state index contributed by atoms with van der Waals surface area (Å²) in [5, 5.41) is 6.23. The minimum atomic E-state index is -0.269. The maximum atomic E-state index is 12.4. The van der Waals surface area contributed by atoms with E-state index in [0.29, 0.717) is 43.1 Å². The monoisotopic (exact) mass is 413 g/mol. The summed E-state index contributed by atoms with van der Waals surface area (Å²) in [7, 11) is 0. The van der Waals surface area contributed by atoms with Crippen LogP contribution in [0, 0.1) is 5.92 Å². The number of hydrogen-bond donors (Lipinski definition) is 2. The molecule has 2 aromatic rings. The van der Waals surface area contributed by atoms with E-state index in [1.54, 1.807) is 35.2 Å². The van der Waals surface area contributed by atoms with Crippen molar-refractivity contribution in [3.05, 3.63) is 70.7 Å². The SMILES string of the molecule is O=C(NCC(=O)N1CCC(C(=O)NCc2cccc(Cl)c2)CC1)c1ccccc1. The molecule has 0 aromatic heterocycles. The summed E-state index contributed by atoms with van der Waals surface area (Å²) in [4.78, 5) is 38.5. The van der Waals surface area contributed by atoms with Gasteiger partial charge in [0.25, 0.3) is 5.91 Å². The normalized spacial score (nSPS) is 14.3. The molecule has 0 atom stereocenters. The molecule has 1 aliphatic heterocycles. The molecule has 152 valence electrons. The number of rotatable bonds is 6. The van der Waals surface area contributed by atoms with Crippen molar-refractivity contribution < 1.29 is 14.4 Å². The fourth-order valence-electron chi connectivity index (χ4n) is 3.33. The molecule has 6 nitrogen and oxygen atoms in total. The van der Waals surface area contributed by atoms with Gasteiger partial charge in [-0.25, -0.2) is 0 Å². The Balaban J connectivity index is 1.39. The van der Waals surface area contributed by atoms with E-state index in [1.165, 1.54) is 0 Å². The van der Waals surface area contributed by atoms with Crippen molar-refractivity contribution >= 4 is 29.3 Å². The lowest BCUT2D eigenvalue weighted by atomic mass is 9.95. The number of likely N-dealkylation sites (tertiary alicyclic amines) is 1. The molecular formula is C22H24ClN3O3. The fourth-order valence-corrected chi connectivity index (χ4v) is 3.54. The Labute approximate surface area is 175 Å². The minimum absolute atomic E-state index is 0.00513. The molecule has 0 spiro atoms. The predicted octanol–water partition coefficient (Wildman–Crippen LogP) is 2.62. The number of hydrogen-bond acceptors (Lipinski definition) is 3. The second-order valence-electron chi connectivity index (χ2n) is 7.05. The number of carbonyl (C=O) groups excluding carboxylic acids is 3. The van der Waals surface area contributed by atoms with Crippen LogP contribution in [-0.4, -0.2) is 42.3 Å². The van der Waals surface area contributed by atoms with E-state index in [4.69, 9.17) is 11.6 Å². The van der Waals surface area contributed by atoms with Crippen LogP contribution in [0.4, 0.5) is 0 Å². The van der Waals surface area contributed by atoms with Gasteiger partial charge in [0.1, 0.15) is 0 Å². The highest BCUT2D eigenvalue weighted by Crippen LogP contribution is 2.18. The third kappa shape index (κ3) is 6.06. The number of halogens is 1. The summed E-state index contributed by atoms with van der Waals surface area (Å²) in [5.41, 5.74) is 1.48. The van der Waals surface area contributed by atoms with Crippen molar-refractivity contribution in [2.24, 2.45) is 5.92 Å². The minimum Gasteiger partial charge on any atom is -0.352 e. The van der Waals surface area contributed by atoms with Crippen molar-refractivity contribution in [2.45, 2.75) is 19.4 Å². The van der Waals surface area contributed by atoms with Crippen LogP contribution in [0.2, 0.25) is 5.02 Å². The molecule has 1 heterocycles. The molecule has 2 aromatic carbocycles. The third-order valence-corrected chi connectivity index (χ3v) is 5.25. The van der Waals surface area contributed by atoms with E-state index in [2.05, 4.69) is 10.6 Å². The van der Waals surface area contributed by atoms with Crippen molar-refractivity contribution in [1.82, 2.24) is 15.5 Å². The molecule has 1 saturated heterocycles. The van der Waals surface area contributed by atoms with Crippen molar-refractivity contribution in [1.29, 1.82) is 0 Å². The van der Waals surface area contributed by atoms with E-state index in [1.807, 2.05) is 24.3 Å². The second kappa shape index (κ2) is 10.1. The molecule has 0 radical (unpaired) electrons. The highest BCUT2D eigenvalue weighted by molar-refractivity contribution is 6.30. The van der Waals surface area contributed by atoms with E-state index < -0.39 is 0 Å². The molecule has 0 aliphatic carbocycles. The number of piperidine rings is 1. The highest BCUT2D eigenvalue weighted by atomic mass is 35.5. The van der Waals surface area contributed by atoms with Gasteiger partial charge in [0, 0.05) is 36.1 Å².